The van der Waals surface area contributed by atoms with Crippen molar-refractivity contribution in [2.24, 2.45) is 17.3 Å². The lowest BCUT2D eigenvalue weighted by atomic mass is 9.81. The Labute approximate surface area is 126 Å². The van der Waals surface area contributed by atoms with Crippen LogP contribution in [0.4, 0.5) is 0 Å². The van der Waals surface area contributed by atoms with E-state index < -0.39 is 0 Å². The molecule has 1 N–H and O–H groups in total. The summed E-state index contributed by atoms with van der Waals surface area (Å²) in [5.74, 6) is 1.41. The molecule has 1 rings (SSSR count). The third kappa shape index (κ3) is 5.71. The summed E-state index contributed by atoms with van der Waals surface area (Å²) in [5, 5.41) is 3.66. The van der Waals surface area contributed by atoms with Gasteiger partial charge in [-0.25, -0.2) is 0 Å². The SMILES string of the molecule is CC(C)CNCC1(CN(C)C(C)C(C)C)CCCOC1. The minimum absolute atomic E-state index is 0.297. The second-order valence-corrected chi connectivity index (χ2v) is 7.58. The molecule has 1 saturated heterocycles. The fourth-order valence-corrected chi connectivity index (χ4v) is 3.04. The standard InChI is InChI=1S/C17H36N2O/c1-14(2)10-18-11-17(8-7-9-20-13-17)12-19(6)16(5)15(3)4/h14-16,18H,7-13H2,1-6H3. The Hall–Kier alpha value is -0.120. The van der Waals surface area contributed by atoms with Crippen LogP contribution in [-0.2, 0) is 4.74 Å². The van der Waals surface area contributed by atoms with E-state index in [0.29, 0.717) is 23.3 Å². The Morgan fingerprint density at radius 3 is 2.40 bits per heavy atom. The molecule has 0 aromatic rings. The molecule has 0 radical (unpaired) electrons. The number of nitrogens with zero attached hydrogens (tertiary/aromatic N) is 1. The van der Waals surface area contributed by atoms with E-state index in [0.717, 1.165) is 32.8 Å². The third-order valence-electron chi connectivity index (χ3n) is 4.70. The monoisotopic (exact) mass is 284 g/mol. The molecular formula is C17H36N2O. The first kappa shape index (κ1) is 17.9. The van der Waals surface area contributed by atoms with Gasteiger partial charge in [0.1, 0.15) is 0 Å². The van der Waals surface area contributed by atoms with Gasteiger partial charge in [0.05, 0.1) is 6.61 Å². The van der Waals surface area contributed by atoms with Crippen LogP contribution >= 0.6 is 0 Å². The molecular weight excluding hydrogens is 248 g/mol. The minimum Gasteiger partial charge on any atom is -0.381 e. The first-order chi connectivity index (χ1) is 9.36. The largest absolute Gasteiger partial charge is 0.381 e. The number of hydrogen-bond acceptors (Lipinski definition) is 3. The van der Waals surface area contributed by atoms with E-state index >= 15 is 0 Å². The molecule has 0 aliphatic carbocycles. The average Bonchev–Trinajstić information content (AvgIpc) is 2.38. The summed E-state index contributed by atoms with van der Waals surface area (Å²) in [6.07, 6.45) is 2.49. The quantitative estimate of drug-likeness (QED) is 0.741. The molecule has 2 unspecified atom stereocenters. The van der Waals surface area contributed by atoms with Crippen molar-refractivity contribution in [1.29, 1.82) is 0 Å². The summed E-state index contributed by atoms with van der Waals surface area (Å²) in [7, 11) is 2.27. The van der Waals surface area contributed by atoms with Gasteiger partial charge in [-0.15, -0.1) is 0 Å². The molecule has 0 bridgehead atoms. The van der Waals surface area contributed by atoms with Crippen LogP contribution in [0.5, 0.6) is 0 Å². The molecule has 3 heteroatoms. The number of nitrogens with one attached hydrogen (secondary N) is 1. The fraction of sp³-hybridized carbons (Fsp3) is 1.00. The third-order valence-corrected chi connectivity index (χ3v) is 4.70. The Bertz CT molecular complexity index is 260. The van der Waals surface area contributed by atoms with Crippen molar-refractivity contribution in [3.63, 3.8) is 0 Å². The van der Waals surface area contributed by atoms with Gasteiger partial charge in [-0.3, -0.25) is 0 Å². The van der Waals surface area contributed by atoms with Crippen LogP contribution in [0.1, 0.15) is 47.5 Å². The molecule has 1 aliphatic rings. The van der Waals surface area contributed by atoms with Crippen molar-refractivity contribution in [3.05, 3.63) is 0 Å². The van der Waals surface area contributed by atoms with Crippen LogP contribution in [0.15, 0.2) is 0 Å². The summed E-state index contributed by atoms with van der Waals surface area (Å²) in [5.41, 5.74) is 0.297. The number of ether oxygens (including phenoxy) is 1. The number of hydrogen-bond donors (Lipinski definition) is 1. The van der Waals surface area contributed by atoms with Crippen molar-refractivity contribution in [1.82, 2.24) is 10.2 Å². The molecule has 0 amide bonds. The highest BCUT2D eigenvalue weighted by Crippen LogP contribution is 2.30. The predicted molar refractivity (Wildman–Crippen MR) is 87.1 cm³/mol. The van der Waals surface area contributed by atoms with Gasteiger partial charge in [0.25, 0.3) is 0 Å². The Morgan fingerprint density at radius 1 is 1.20 bits per heavy atom. The van der Waals surface area contributed by atoms with Crippen molar-refractivity contribution >= 4 is 0 Å². The van der Waals surface area contributed by atoms with Crippen LogP contribution in [0.25, 0.3) is 0 Å². The first-order valence-electron chi connectivity index (χ1n) is 8.35. The van der Waals surface area contributed by atoms with Crippen molar-refractivity contribution < 1.29 is 4.74 Å². The molecule has 1 fully saturated rings. The van der Waals surface area contributed by atoms with Gasteiger partial charge in [0.2, 0.25) is 0 Å². The second-order valence-electron chi connectivity index (χ2n) is 7.58. The van der Waals surface area contributed by atoms with Gasteiger partial charge < -0.3 is 15.0 Å². The lowest BCUT2D eigenvalue weighted by molar-refractivity contribution is -0.0300. The summed E-state index contributed by atoms with van der Waals surface area (Å²) in [6, 6.07) is 0.624. The van der Waals surface area contributed by atoms with Gasteiger partial charge in [0, 0.05) is 31.2 Å². The number of rotatable bonds is 8. The zero-order valence-electron chi connectivity index (χ0n) is 14.5. The maximum absolute atomic E-state index is 5.82. The van der Waals surface area contributed by atoms with Gasteiger partial charge in [-0.2, -0.15) is 0 Å². The molecule has 3 nitrogen and oxygen atoms in total. The van der Waals surface area contributed by atoms with Crippen molar-refractivity contribution in [2.45, 2.75) is 53.5 Å². The molecule has 120 valence electrons. The Balaban J connectivity index is 2.58. The normalized spacial score (nSPS) is 25.6. The molecule has 1 heterocycles. The highest BCUT2D eigenvalue weighted by atomic mass is 16.5. The smallest absolute Gasteiger partial charge is 0.0546 e. The summed E-state index contributed by atoms with van der Waals surface area (Å²) in [4.78, 5) is 2.52. The van der Waals surface area contributed by atoms with Crippen LogP contribution in [0, 0.1) is 17.3 Å². The van der Waals surface area contributed by atoms with Gasteiger partial charge >= 0.3 is 0 Å². The van der Waals surface area contributed by atoms with E-state index in [4.69, 9.17) is 4.74 Å². The highest BCUT2D eigenvalue weighted by Gasteiger charge is 2.35. The Kier molecular flexibility index (Phi) is 7.49. The fourth-order valence-electron chi connectivity index (χ4n) is 3.04. The summed E-state index contributed by atoms with van der Waals surface area (Å²) < 4.78 is 5.82. The van der Waals surface area contributed by atoms with E-state index in [1.807, 2.05) is 0 Å². The maximum atomic E-state index is 5.82. The van der Waals surface area contributed by atoms with Gasteiger partial charge in [-0.1, -0.05) is 27.7 Å². The molecule has 0 spiro atoms. The van der Waals surface area contributed by atoms with Crippen LogP contribution in [0.3, 0.4) is 0 Å². The molecule has 0 aromatic carbocycles. The van der Waals surface area contributed by atoms with Crippen LogP contribution in [0.2, 0.25) is 0 Å². The maximum Gasteiger partial charge on any atom is 0.0546 e. The lowest BCUT2D eigenvalue weighted by Gasteiger charge is -2.42. The zero-order valence-corrected chi connectivity index (χ0v) is 14.5. The highest BCUT2D eigenvalue weighted by molar-refractivity contribution is 4.88. The minimum atomic E-state index is 0.297. The van der Waals surface area contributed by atoms with Gasteiger partial charge in [0.15, 0.2) is 0 Å². The molecule has 0 saturated carbocycles. The second kappa shape index (κ2) is 8.35. The molecule has 0 aromatic heterocycles. The topological polar surface area (TPSA) is 24.5 Å². The van der Waals surface area contributed by atoms with Crippen molar-refractivity contribution in [2.75, 3.05) is 39.9 Å². The van der Waals surface area contributed by atoms with E-state index in [-0.39, 0.29) is 0 Å². The van der Waals surface area contributed by atoms with E-state index in [1.54, 1.807) is 0 Å². The first-order valence-corrected chi connectivity index (χ1v) is 8.35. The van der Waals surface area contributed by atoms with Crippen LogP contribution < -0.4 is 5.32 Å². The summed E-state index contributed by atoms with van der Waals surface area (Å²) >= 11 is 0. The molecule has 1 aliphatic heterocycles. The van der Waals surface area contributed by atoms with Gasteiger partial charge in [-0.05, 0) is 45.2 Å². The molecule has 20 heavy (non-hydrogen) atoms. The van der Waals surface area contributed by atoms with Crippen molar-refractivity contribution in [3.8, 4) is 0 Å². The lowest BCUT2D eigenvalue weighted by Crippen LogP contribution is -2.51. The van der Waals surface area contributed by atoms with E-state index in [2.05, 4.69) is 51.9 Å². The zero-order chi connectivity index (χ0) is 15.2. The average molecular weight is 284 g/mol. The van der Waals surface area contributed by atoms with E-state index in [9.17, 15) is 0 Å². The molecule has 2 atom stereocenters. The predicted octanol–water partition coefficient (Wildman–Crippen LogP) is 3.01. The summed E-state index contributed by atoms with van der Waals surface area (Å²) in [6.45, 7) is 16.7. The van der Waals surface area contributed by atoms with E-state index in [1.165, 1.54) is 12.8 Å². The Morgan fingerprint density at radius 2 is 1.90 bits per heavy atom. The van der Waals surface area contributed by atoms with Crippen LogP contribution in [-0.4, -0.2) is 50.8 Å².